The van der Waals surface area contributed by atoms with Crippen molar-refractivity contribution in [3.8, 4) is 0 Å². The minimum Gasteiger partial charge on any atom is -0.324 e. The van der Waals surface area contributed by atoms with Crippen molar-refractivity contribution in [3.05, 3.63) is 29.6 Å². The fourth-order valence-electron chi connectivity index (χ4n) is 1.51. The molecule has 0 aliphatic heterocycles. The number of hydrogen-bond donors (Lipinski definition) is 2. The van der Waals surface area contributed by atoms with Crippen molar-refractivity contribution in [2.75, 3.05) is 6.54 Å². The molecule has 0 heterocycles. The average Bonchev–Trinajstić information content (AvgIpc) is 2.41. The Morgan fingerprint density at radius 3 is 2.00 bits per heavy atom. The Morgan fingerprint density at radius 1 is 1.15 bits per heavy atom. The zero-order valence-corrected chi connectivity index (χ0v) is 12.0. The van der Waals surface area contributed by atoms with Crippen LogP contribution in [0.2, 0.25) is 0 Å². The van der Waals surface area contributed by atoms with E-state index in [2.05, 4.69) is 4.72 Å². The van der Waals surface area contributed by atoms with E-state index in [-0.39, 0.29) is 6.54 Å². The molecule has 0 aliphatic rings. The highest BCUT2D eigenvalue weighted by Gasteiger charge is 2.25. The highest BCUT2D eigenvalue weighted by Crippen LogP contribution is 2.18. The molecule has 0 bridgehead atoms. The molecule has 0 radical (unpaired) electrons. The van der Waals surface area contributed by atoms with Crippen LogP contribution in [0.15, 0.2) is 17.0 Å². The fourth-order valence-corrected chi connectivity index (χ4v) is 2.67. The van der Waals surface area contributed by atoms with Crippen molar-refractivity contribution < 1.29 is 21.6 Å². The average molecular weight is 310 g/mol. The van der Waals surface area contributed by atoms with Gasteiger partial charge in [0.25, 0.3) is 0 Å². The largest absolute Gasteiger partial charge is 0.324 e. The summed E-state index contributed by atoms with van der Waals surface area (Å²) in [7, 11) is -4.15. The van der Waals surface area contributed by atoms with Gasteiger partial charge in [0, 0.05) is 12.1 Å². The monoisotopic (exact) mass is 310 g/mol. The first-order chi connectivity index (χ1) is 9.15. The summed E-state index contributed by atoms with van der Waals surface area (Å²) in [6.45, 7) is 3.52. The summed E-state index contributed by atoms with van der Waals surface area (Å²) >= 11 is 0. The number of nitrogens with two attached hydrogens (primary N) is 1. The third kappa shape index (κ3) is 3.71. The Hall–Kier alpha value is -1.12. The topological polar surface area (TPSA) is 72.2 Å². The van der Waals surface area contributed by atoms with Crippen LogP contribution in [-0.2, 0) is 10.0 Å². The van der Waals surface area contributed by atoms with Crippen LogP contribution in [0, 0.1) is 17.5 Å². The van der Waals surface area contributed by atoms with Crippen molar-refractivity contribution >= 4 is 10.0 Å². The molecule has 1 aromatic rings. The van der Waals surface area contributed by atoms with Crippen LogP contribution >= 0.6 is 0 Å². The lowest BCUT2D eigenvalue weighted by atomic mass is 9.95. The van der Waals surface area contributed by atoms with Gasteiger partial charge in [-0.15, -0.1) is 0 Å². The summed E-state index contributed by atoms with van der Waals surface area (Å²) < 4.78 is 64.9. The third-order valence-corrected chi connectivity index (χ3v) is 4.67. The molecule has 0 saturated carbocycles. The lowest BCUT2D eigenvalue weighted by Crippen LogP contribution is -2.49. The van der Waals surface area contributed by atoms with Gasteiger partial charge in [-0.1, -0.05) is 13.8 Å². The van der Waals surface area contributed by atoms with E-state index in [1.54, 1.807) is 13.8 Å². The Labute approximate surface area is 116 Å². The Morgan fingerprint density at radius 2 is 1.60 bits per heavy atom. The van der Waals surface area contributed by atoms with E-state index in [0.717, 1.165) is 0 Å². The molecule has 3 N–H and O–H groups in total. The number of sulfonamides is 1. The van der Waals surface area contributed by atoms with E-state index in [4.69, 9.17) is 5.73 Å². The van der Waals surface area contributed by atoms with Gasteiger partial charge >= 0.3 is 0 Å². The zero-order valence-electron chi connectivity index (χ0n) is 11.2. The van der Waals surface area contributed by atoms with Gasteiger partial charge in [0.05, 0.1) is 4.90 Å². The molecule has 8 heteroatoms. The van der Waals surface area contributed by atoms with Crippen LogP contribution in [0.1, 0.15) is 26.7 Å². The molecular weight excluding hydrogens is 293 g/mol. The number of benzene rings is 1. The highest BCUT2D eigenvalue weighted by molar-refractivity contribution is 7.89. The SMILES string of the molecule is CCC(N)(CC)CNS(=O)(=O)c1cc(F)c(F)c(F)c1. The van der Waals surface area contributed by atoms with E-state index in [0.29, 0.717) is 25.0 Å². The van der Waals surface area contributed by atoms with Gasteiger partial charge in [-0.05, 0) is 25.0 Å². The molecule has 0 atom stereocenters. The number of hydrogen-bond acceptors (Lipinski definition) is 3. The quantitative estimate of drug-likeness (QED) is 0.788. The first-order valence-electron chi connectivity index (χ1n) is 6.08. The molecule has 0 spiro atoms. The zero-order chi connectivity index (χ0) is 15.6. The molecule has 0 aliphatic carbocycles. The molecule has 0 unspecified atom stereocenters. The smallest absolute Gasteiger partial charge is 0.240 e. The van der Waals surface area contributed by atoms with Crippen LogP contribution in [0.25, 0.3) is 0 Å². The first-order valence-corrected chi connectivity index (χ1v) is 7.56. The second-order valence-electron chi connectivity index (χ2n) is 4.59. The van der Waals surface area contributed by atoms with E-state index < -0.39 is 37.9 Å². The predicted molar refractivity (Wildman–Crippen MR) is 69.0 cm³/mol. The molecule has 0 amide bonds. The standard InChI is InChI=1S/C12H17F3N2O2S/c1-3-12(16,4-2)7-17-20(18,19)8-5-9(13)11(15)10(14)6-8/h5-6,17H,3-4,7,16H2,1-2H3. The Balaban J connectivity index is 3.01. The van der Waals surface area contributed by atoms with Gasteiger partial charge in [-0.25, -0.2) is 26.3 Å². The molecule has 1 aromatic carbocycles. The number of halogens is 3. The van der Waals surface area contributed by atoms with Gasteiger partial charge in [0.15, 0.2) is 17.5 Å². The highest BCUT2D eigenvalue weighted by atomic mass is 32.2. The predicted octanol–water partition coefficient (Wildman–Crippen LogP) is 1.90. The van der Waals surface area contributed by atoms with Crippen LogP contribution in [0.4, 0.5) is 13.2 Å². The van der Waals surface area contributed by atoms with Crippen molar-refractivity contribution in [2.24, 2.45) is 5.73 Å². The Bertz CT molecular complexity index is 563. The van der Waals surface area contributed by atoms with E-state index >= 15 is 0 Å². The van der Waals surface area contributed by atoms with Gasteiger partial charge in [0.1, 0.15) is 0 Å². The van der Waals surface area contributed by atoms with E-state index in [1.165, 1.54) is 0 Å². The maximum Gasteiger partial charge on any atom is 0.240 e. The molecule has 0 fully saturated rings. The number of rotatable bonds is 6. The number of nitrogens with one attached hydrogen (secondary N) is 1. The van der Waals surface area contributed by atoms with Crippen molar-refractivity contribution in [1.82, 2.24) is 4.72 Å². The molecule has 1 rings (SSSR count). The summed E-state index contributed by atoms with van der Waals surface area (Å²) in [5.41, 5.74) is 5.18. The van der Waals surface area contributed by atoms with E-state index in [9.17, 15) is 21.6 Å². The van der Waals surface area contributed by atoms with Crippen LogP contribution in [0.3, 0.4) is 0 Å². The first kappa shape index (κ1) is 16.9. The Kier molecular flexibility index (Phi) is 5.17. The van der Waals surface area contributed by atoms with Gasteiger partial charge in [-0.3, -0.25) is 0 Å². The van der Waals surface area contributed by atoms with Crippen molar-refractivity contribution in [1.29, 1.82) is 0 Å². The molecule has 20 heavy (non-hydrogen) atoms. The van der Waals surface area contributed by atoms with Crippen LogP contribution < -0.4 is 10.5 Å². The fraction of sp³-hybridized carbons (Fsp3) is 0.500. The van der Waals surface area contributed by atoms with Crippen LogP contribution in [-0.4, -0.2) is 20.5 Å². The van der Waals surface area contributed by atoms with Gasteiger partial charge in [0.2, 0.25) is 10.0 Å². The molecule has 4 nitrogen and oxygen atoms in total. The summed E-state index contributed by atoms with van der Waals surface area (Å²) in [5.74, 6) is -4.83. The van der Waals surface area contributed by atoms with Gasteiger partial charge in [-0.2, -0.15) is 0 Å². The van der Waals surface area contributed by atoms with E-state index in [1.807, 2.05) is 0 Å². The lowest BCUT2D eigenvalue weighted by molar-refractivity contribution is 0.391. The summed E-state index contributed by atoms with van der Waals surface area (Å²) in [5, 5.41) is 0. The molecule has 0 aromatic heterocycles. The molecule has 0 saturated heterocycles. The summed E-state index contributed by atoms with van der Waals surface area (Å²) in [6.07, 6.45) is 1.05. The lowest BCUT2D eigenvalue weighted by Gasteiger charge is -2.26. The van der Waals surface area contributed by atoms with Crippen molar-refractivity contribution in [2.45, 2.75) is 37.1 Å². The minimum atomic E-state index is -4.15. The van der Waals surface area contributed by atoms with Crippen molar-refractivity contribution in [3.63, 3.8) is 0 Å². The van der Waals surface area contributed by atoms with Gasteiger partial charge < -0.3 is 5.73 Å². The summed E-state index contributed by atoms with van der Waals surface area (Å²) in [6, 6.07) is 0.855. The van der Waals surface area contributed by atoms with Crippen LogP contribution in [0.5, 0.6) is 0 Å². The third-order valence-electron chi connectivity index (χ3n) is 3.29. The second-order valence-corrected chi connectivity index (χ2v) is 6.36. The molecular formula is C12H17F3N2O2S. The minimum absolute atomic E-state index is 0.0804. The normalized spacial score (nSPS) is 12.7. The second kappa shape index (κ2) is 6.11. The summed E-state index contributed by atoms with van der Waals surface area (Å²) in [4.78, 5) is -0.677. The molecule has 114 valence electrons. The maximum absolute atomic E-state index is 13.0. The maximum atomic E-state index is 13.0.